The van der Waals surface area contributed by atoms with Crippen LogP contribution in [0.4, 0.5) is 5.69 Å². The van der Waals surface area contributed by atoms with Crippen molar-refractivity contribution in [1.29, 1.82) is 0 Å². The fourth-order valence-electron chi connectivity index (χ4n) is 2.02. The Labute approximate surface area is 95.9 Å². The number of nitrogens with zero attached hydrogens (tertiary/aromatic N) is 2. The molecule has 0 aliphatic heterocycles. The summed E-state index contributed by atoms with van der Waals surface area (Å²) >= 11 is 0. The van der Waals surface area contributed by atoms with Crippen LogP contribution in [0, 0.1) is 10.1 Å². The van der Waals surface area contributed by atoms with E-state index in [1.54, 1.807) is 18.3 Å². The first-order valence-electron chi connectivity index (χ1n) is 4.96. The fourth-order valence-corrected chi connectivity index (χ4v) is 2.02. The first-order chi connectivity index (χ1) is 8.18. The number of aromatic nitrogens is 1. The number of carbonyl (C=O) groups excluding carboxylic acids is 1. The number of fused-ring (bicyclic) bond motifs is 3. The van der Waals surface area contributed by atoms with Crippen LogP contribution in [0.1, 0.15) is 15.9 Å². The minimum atomic E-state index is -0.505. The number of pyridine rings is 1. The van der Waals surface area contributed by atoms with Gasteiger partial charge < -0.3 is 0 Å². The molecule has 0 fully saturated rings. The maximum Gasteiger partial charge on any atom is 0.270 e. The highest BCUT2D eigenvalue weighted by Gasteiger charge is 2.28. The second-order valence-corrected chi connectivity index (χ2v) is 3.74. The van der Waals surface area contributed by atoms with Gasteiger partial charge in [0.1, 0.15) is 0 Å². The molecular weight excluding hydrogens is 220 g/mol. The summed E-state index contributed by atoms with van der Waals surface area (Å²) in [5.41, 5.74) is 2.33. The predicted octanol–water partition coefficient (Wildman–Crippen LogP) is 2.20. The van der Waals surface area contributed by atoms with Crippen LogP contribution in [0.25, 0.3) is 11.1 Å². The average Bonchev–Trinajstić information content (AvgIpc) is 2.64. The number of rotatable bonds is 1. The molecule has 0 saturated heterocycles. The van der Waals surface area contributed by atoms with Gasteiger partial charge in [-0.15, -0.1) is 0 Å². The number of ketones is 1. The summed E-state index contributed by atoms with van der Waals surface area (Å²) in [5, 5.41) is 10.7. The van der Waals surface area contributed by atoms with E-state index in [9.17, 15) is 14.9 Å². The van der Waals surface area contributed by atoms with Gasteiger partial charge in [-0.3, -0.25) is 19.9 Å². The van der Waals surface area contributed by atoms with Crippen molar-refractivity contribution >= 4 is 11.5 Å². The van der Waals surface area contributed by atoms with Crippen LogP contribution in [0.15, 0.2) is 36.7 Å². The van der Waals surface area contributed by atoms with E-state index >= 15 is 0 Å². The summed E-state index contributed by atoms with van der Waals surface area (Å²) in [7, 11) is 0. The fraction of sp³-hybridized carbons (Fsp3) is 0. The van der Waals surface area contributed by atoms with Crippen molar-refractivity contribution in [2.75, 3.05) is 0 Å². The van der Waals surface area contributed by atoms with E-state index in [0.717, 1.165) is 11.1 Å². The summed E-state index contributed by atoms with van der Waals surface area (Å²) in [6.07, 6.45) is 3.09. The Morgan fingerprint density at radius 1 is 1.06 bits per heavy atom. The lowest BCUT2D eigenvalue weighted by Gasteiger charge is -1.98. The summed E-state index contributed by atoms with van der Waals surface area (Å²) in [4.78, 5) is 26.0. The first-order valence-corrected chi connectivity index (χ1v) is 4.96. The highest BCUT2D eigenvalue weighted by atomic mass is 16.6. The standard InChI is InChI=1S/C12H6N2O3/c15-12-10-5-7(14(16)17)1-2-8(10)9-3-4-13-6-11(9)12/h1-6H. The molecule has 17 heavy (non-hydrogen) atoms. The molecule has 1 heterocycles. The zero-order valence-electron chi connectivity index (χ0n) is 8.58. The second-order valence-electron chi connectivity index (χ2n) is 3.74. The molecule has 3 rings (SSSR count). The van der Waals surface area contributed by atoms with Crippen molar-refractivity contribution in [2.24, 2.45) is 0 Å². The summed E-state index contributed by atoms with van der Waals surface area (Å²) in [6, 6.07) is 6.07. The molecule has 5 nitrogen and oxygen atoms in total. The molecule has 5 heteroatoms. The molecule has 0 radical (unpaired) electrons. The number of non-ortho nitro benzene ring substituents is 1. The Morgan fingerprint density at radius 3 is 2.59 bits per heavy atom. The SMILES string of the molecule is O=C1c2cnccc2-c2ccc([N+](=O)[O-])cc21. The summed E-state index contributed by atoms with van der Waals surface area (Å²) in [6.45, 7) is 0. The van der Waals surface area contributed by atoms with Crippen molar-refractivity contribution in [3.8, 4) is 11.1 Å². The zero-order valence-corrected chi connectivity index (χ0v) is 8.58. The number of hydrogen-bond donors (Lipinski definition) is 0. The van der Waals surface area contributed by atoms with Crippen molar-refractivity contribution < 1.29 is 9.72 Å². The molecule has 1 aliphatic rings. The van der Waals surface area contributed by atoms with Crippen LogP contribution in [0.2, 0.25) is 0 Å². The van der Waals surface area contributed by atoms with Crippen molar-refractivity contribution in [1.82, 2.24) is 4.98 Å². The van der Waals surface area contributed by atoms with Gasteiger partial charge >= 0.3 is 0 Å². The van der Waals surface area contributed by atoms with E-state index in [4.69, 9.17) is 0 Å². The number of hydrogen-bond acceptors (Lipinski definition) is 4. The van der Waals surface area contributed by atoms with Crippen molar-refractivity contribution in [3.05, 3.63) is 57.9 Å². The number of nitro benzene ring substituents is 1. The first kappa shape index (κ1) is 9.65. The second kappa shape index (κ2) is 3.21. The lowest BCUT2D eigenvalue weighted by Crippen LogP contribution is -1.96. The normalized spacial score (nSPS) is 12.1. The lowest BCUT2D eigenvalue weighted by molar-refractivity contribution is -0.384. The Balaban J connectivity index is 2.28. The molecule has 1 aliphatic carbocycles. The third-order valence-corrected chi connectivity index (χ3v) is 2.81. The predicted molar refractivity (Wildman–Crippen MR) is 59.8 cm³/mol. The maximum atomic E-state index is 12.0. The van der Waals surface area contributed by atoms with E-state index in [-0.39, 0.29) is 11.5 Å². The minimum Gasteiger partial charge on any atom is -0.289 e. The topological polar surface area (TPSA) is 73.1 Å². The smallest absolute Gasteiger partial charge is 0.270 e. The third kappa shape index (κ3) is 1.25. The van der Waals surface area contributed by atoms with Crippen LogP contribution in [-0.2, 0) is 0 Å². The Kier molecular flexibility index (Phi) is 1.82. The van der Waals surface area contributed by atoms with Crippen LogP contribution >= 0.6 is 0 Å². The maximum absolute atomic E-state index is 12.0. The quantitative estimate of drug-likeness (QED) is 0.471. The lowest BCUT2D eigenvalue weighted by atomic mass is 10.1. The van der Waals surface area contributed by atoms with Gasteiger partial charge in [-0.25, -0.2) is 0 Å². The highest BCUT2D eigenvalue weighted by molar-refractivity contribution is 6.21. The van der Waals surface area contributed by atoms with Gasteiger partial charge in [0, 0.05) is 35.7 Å². The monoisotopic (exact) mass is 226 g/mol. The zero-order chi connectivity index (χ0) is 12.0. The Morgan fingerprint density at radius 2 is 1.82 bits per heavy atom. The van der Waals surface area contributed by atoms with Gasteiger partial charge in [0.05, 0.1) is 4.92 Å². The van der Waals surface area contributed by atoms with Gasteiger partial charge in [-0.2, -0.15) is 0 Å². The van der Waals surface area contributed by atoms with Gasteiger partial charge in [-0.1, -0.05) is 0 Å². The van der Waals surface area contributed by atoms with E-state index in [1.165, 1.54) is 18.3 Å². The number of nitro groups is 1. The van der Waals surface area contributed by atoms with E-state index in [0.29, 0.717) is 11.1 Å². The highest BCUT2D eigenvalue weighted by Crippen LogP contribution is 2.37. The molecule has 82 valence electrons. The molecule has 0 saturated carbocycles. The third-order valence-electron chi connectivity index (χ3n) is 2.81. The van der Waals surface area contributed by atoms with Crippen molar-refractivity contribution in [3.63, 3.8) is 0 Å². The van der Waals surface area contributed by atoms with Gasteiger partial charge in [0.2, 0.25) is 0 Å². The molecule has 0 atom stereocenters. The van der Waals surface area contributed by atoms with Gasteiger partial charge in [-0.05, 0) is 23.3 Å². The average molecular weight is 226 g/mol. The van der Waals surface area contributed by atoms with Crippen LogP contribution in [0.3, 0.4) is 0 Å². The van der Waals surface area contributed by atoms with Gasteiger partial charge in [0.15, 0.2) is 5.78 Å². The van der Waals surface area contributed by atoms with E-state index in [2.05, 4.69) is 4.98 Å². The molecule has 0 amide bonds. The molecule has 0 bridgehead atoms. The molecule has 0 spiro atoms. The van der Waals surface area contributed by atoms with Gasteiger partial charge in [0.25, 0.3) is 5.69 Å². The van der Waals surface area contributed by atoms with Crippen molar-refractivity contribution in [2.45, 2.75) is 0 Å². The minimum absolute atomic E-state index is 0.0714. The van der Waals surface area contributed by atoms with Crippen LogP contribution in [-0.4, -0.2) is 15.7 Å². The Bertz CT molecular complexity index is 665. The summed E-state index contributed by atoms with van der Waals surface area (Å²) < 4.78 is 0. The van der Waals surface area contributed by atoms with Crippen LogP contribution in [0.5, 0.6) is 0 Å². The summed E-state index contributed by atoms with van der Waals surface area (Å²) in [5.74, 6) is -0.202. The van der Waals surface area contributed by atoms with E-state index in [1.807, 2.05) is 0 Å². The Hall–Kier alpha value is -2.56. The molecule has 2 aromatic rings. The molecule has 1 aromatic carbocycles. The largest absolute Gasteiger partial charge is 0.289 e. The molecular formula is C12H6N2O3. The number of carbonyl (C=O) groups is 1. The molecule has 0 unspecified atom stereocenters. The van der Waals surface area contributed by atoms with E-state index < -0.39 is 4.92 Å². The molecule has 1 aromatic heterocycles. The van der Waals surface area contributed by atoms with Crippen LogP contribution < -0.4 is 0 Å². The number of benzene rings is 1. The molecule has 0 N–H and O–H groups in total.